The molecule has 0 spiro atoms. The highest BCUT2D eigenvalue weighted by Crippen LogP contribution is 2.16. The van der Waals surface area contributed by atoms with Gasteiger partial charge in [0.25, 0.3) is 5.91 Å². The van der Waals surface area contributed by atoms with Crippen LogP contribution >= 0.6 is 0 Å². The number of hydrogen-bond acceptors (Lipinski definition) is 6. The van der Waals surface area contributed by atoms with Crippen molar-refractivity contribution in [3.63, 3.8) is 0 Å². The molecule has 9 nitrogen and oxygen atoms in total. The Balaban J connectivity index is 1.41. The molecule has 0 atom stereocenters. The molecule has 0 fully saturated rings. The van der Waals surface area contributed by atoms with E-state index in [0.29, 0.717) is 29.3 Å². The summed E-state index contributed by atoms with van der Waals surface area (Å²) in [6.45, 7) is 3.89. The summed E-state index contributed by atoms with van der Waals surface area (Å²) in [5.74, 6) is -0.819. The van der Waals surface area contributed by atoms with Gasteiger partial charge in [-0.2, -0.15) is 5.10 Å². The maximum atomic E-state index is 12.1. The lowest BCUT2D eigenvalue weighted by molar-refractivity contribution is -0.136. The van der Waals surface area contributed by atoms with E-state index >= 15 is 0 Å². The van der Waals surface area contributed by atoms with Crippen LogP contribution in [0.3, 0.4) is 0 Å². The molecule has 0 saturated carbocycles. The van der Waals surface area contributed by atoms with Crippen molar-refractivity contribution in [3.8, 4) is 5.75 Å². The van der Waals surface area contributed by atoms with Crippen molar-refractivity contribution in [2.24, 2.45) is 5.10 Å². The van der Waals surface area contributed by atoms with Gasteiger partial charge >= 0.3 is 11.8 Å². The molecule has 3 aromatic rings. The first-order valence-electron chi connectivity index (χ1n) is 10.1. The zero-order valence-electron chi connectivity index (χ0n) is 18.3. The Morgan fingerprint density at radius 1 is 1.03 bits per heavy atom. The Hall–Kier alpha value is -4.40. The van der Waals surface area contributed by atoms with Crippen LogP contribution in [0, 0.1) is 13.8 Å². The van der Waals surface area contributed by atoms with Gasteiger partial charge in [-0.25, -0.2) is 5.43 Å². The van der Waals surface area contributed by atoms with Crippen LogP contribution < -0.4 is 20.8 Å². The quantitative estimate of drug-likeness (QED) is 0.278. The van der Waals surface area contributed by atoms with Crippen molar-refractivity contribution < 1.29 is 23.5 Å². The zero-order chi connectivity index (χ0) is 23.6. The van der Waals surface area contributed by atoms with Crippen LogP contribution in [0.15, 0.2) is 70.4 Å². The van der Waals surface area contributed by atoms with Gasteiger partial charge in [0.2, 0.25) is 0 Å². The lowest BCUT2D eigenvalue weighted by Gasteiger charge is -2.08. The first kappa shape index (κ1) is 23.3. The van der Waals surface area contributed by atoms with Gasteiger partial charge < -0.3 is 19.8 Å². The molecule has 170 valence electrons. The minimum atomic E-state index is -0.882. The fourth-order valence-electron chi connectivity index (χ4n) is 2.71. The van der Waals surface area contributed by atoms with Gasteiger partial charge in [0.1, 0.15) is 11.5 Å². The number of ether oxygens (including phenoxy) is 1. The molecule has 0 aliphatic heterocycles. The summed E-state index contributed by atoms with van der Waals surface area (Å²) in [6, 6.07) is 15.8. The number of benzene rings is 2. The molecule has 33 heavy (non-hydrogen) atoms. The molecule has 3 rings (SSSR count). The monoisotopic (exact) mass is 448 g/mol. The molecule has 0 aliphatic rings. The lowest BCUT2D eigenvalue weighted by Crippen LogP contribution is -2.32. The van der Waals surface area contributed by atoms with E-state index in [9.17, 15) is 14.4 Å². The number of carbonyl (C=O) groups excluding carboxylic acids is 3. The fourth-order valence-corrected chi connectivity index (χ4v) is 2.71. The second kappa shape index (κ2) is 11.3. The molecule has 1 heterocycles. The average molecular weight is 448 g/mol. The van der Waals surface area contributed by atoms with Gasteiger partial charge in [0.15, 0.2) is 6.61 Å². The summed E-state index contributed by atoms with van der Waals surface area (Å²) in [7, 11) is 0. The minimum absolute atomic E-state index is 0.139. The van der Waals surface area contributed by atoms with E-state index in [1.807, 2.05) is 26.0 Å². The summed E-state index contributed by atoms with van der Waals surface area (Å²) in [4.78, 5) is 35.8. The molecule has 0 saturated heterocycles. The molecular weight excluding hydrogens is 424 g/mol. The second-order valence-electron chi connectivity index (χ2n) is 7.19. The Morgan fingerprint density at radius 3 is 2.55 bits per heavy atom. The van der Waals surface area contributed by atoms with E-state index in [4.69, 9.17) is 9.15 Å². The summed E-state index contributed by atoms with van der Waals surface area (Å²) in [5, 5.41) is 9.05. The van der Waals surface area contributed by atoms with E-state index in [1.54, 1.807) is 42.5 Å². The normalized spacial score (nSPS) is 10.6. The largest absolute Gasteiger partial charge is 0.484 e. The number of anilines is 1. The highest BCUT2D eigenvalue weighted by atomic mass is 16.5. The van der Waals surface area contributed by atoms with E-state index in [2.05, 4.69) is 21.2 Å². The third kappa shape index (κ3) is 7.35. The topological polar surface area (TPSA) is 122 Å². The van der Waals surface area contributed by atoms with Gasteiger partial charge in [0.05, 0.1) is 19.0 Å². The van der Waals surface area contributed by atoms with E-state index in [0.717, 1.165) is 11.1 Å². The van der Waals surface area contributed by atoms with Crippen LogP contribution in [-0.2, 0) is 20.9 Å². The van der Waals surface area contributed by atoms with Crippen molar-refractivity contribution in [3.05, 3.63) is 83.3 Å². The standard InChI is InChI=1S/C24H24N4O5/c1-16-5-6-17(2)21(12-16)27-23(30)24(31)28-26-13-18-7-9-19(10-8-18)33-15-22(29)25-14-20-4-3-11-32-20/h3-13H,14-15H2,1-2H3,(H,25,29)(H,27,30)(H,28,31)/b26-13-. The Kier molecular flexibility index (Phi) is 7.96. The molecule has 9 heteroatoms. The SMILES string of the molecule is Cc1ccc(C)c(NC(=O)C(=O)N/N=C\c2ccc(OCC(=O)NCc3ccco3)cc2)c1. The smallest absolute Gasteiger partial charge is 0.329 e. The van der Waals surface area contributed by atoms with Gasteiger partial charge in [-0.1, -0.05) is 12.1 Å². The van der Waals surface area contributed by atoms with Crippen molar-refractivity contribution in [1.82, 2.24) is 10.7 Å². The summed E-state index contributed by atoms with van der Waals surface area (Å²) in [6.07, 6.45) is 2.93. The number of hydrazone groups is 1. The summed E-state index contributed by atoms with van der Waals surface area (Å²) >= 11 is 0. The maximum Gasteiger partial charge on any atom is 0.329 e. The van der Waals surface area contributed by atoms with Crippen LogP contribution in [0.5, 0.6) is 5.75 Å². The van der Waals surface area contributed by atoms with Crippen molar-refractivity contribution in [1.29, 1.82) is 0 Å². The molecular formula is C24H24N4O5. The predicted octanol–water partition coefficient (Wildman–Crippen LogP) is 2.68. The predicted molar refractivity (Wildman–Crippen MR) is 123 cm³/mol. The molecule has 2 aromatic carbocycles. The van der Waals surface area contributed by atoms with Crippen molar-refractivity contribution >= 4 is 29.6 Å². The summed E-state index contributed by atoms with van der Waals surface area (Å²) < 4.78 is 10.6. The molecule has 3 N–H and O–H groups in total. The number of nitrogens with zero attached hydrogens (tertiary/aromatic N) is 1. The van der Waals surface area contributed by atoms with Gasteiger partial charge in [-0.05, 0) is 73.0 Å². The van der Waals surface area contributed by atoms with Gasteiger partial charge in [-0.15, -0.1) is 0 Å². The molecule has 0 bridgehead atoms. The van der Waals surface area contributed by atoms with E-state index in [1.165, 1.54) is 12.5 Å². The number of amides is 3. The van der Waals surface area contributed by atoms with Gasteiger partial charge in [-0.3, -0.25) is 14.4 Å². The Morgan fingerprint density at radius 2 is 1.82 bits per heavy atom. The number of hydrogen-bond donors (Lipinski definition) is 3. The van der Waals surface area contributed by atoms with E-state index < -0.39 is 11.8 Å². The van der Waals surface area contributed by atoms with Crippen LogP contribution in [0.4, 0.5) is 5.69 Å². The van der Waals surface area contributed by atoms with Gasteiger partial charge in [0, 0.05) is 5.69 Å². The summed E-state index contributed by atoms with van der Waals surface area (Å²) in [5.41, 5.74) is 5.25. The molecule has 0 unspecified atom stereocenters. The molecule has 1 aromatic heterocycles. The maximum absolute atomic E-state index is 12.1. The number of aryl methyl sites for hydroxylation is 2. The van der Waals surface area contributed by atoms with Crippen LogP contribution in [0.1, 0.15) is 22.5 Å². The zero-order valence-corrected chi connectivity index (χ0v) is 18.3. The fraction of sp³-hybridized carbons (Fsp3) is 0.167. The molecule has 0 radical (unpaired) electrons. The van der Waals surface area contributed by atoms with Crippen molar-refractivity contribution in [2.75, 3.05) is 11.9 Å². The Labute approximate surface area is 190 Å². The first-order valence-corrected chi connectivity index (χ1v) is 10.1. The number of nitrogens with one attached hydrogen (secondary N) is 3. The third-order valence-corrected chi connectivity index (χ3v) is 4.52. The lowest BCUT2D eigenvalue weighted by atomic mass is 10.1. The minimum Gasteiger partial charge on any atom is -0.484 e. The van der Waals surface area contributed by atoms with Crippen molar-refractivity contribution in [2.45, 2.75) is 20.4 Å². The van der Waals surface area contributed by atoms with Crippen LogP contribution in [-0.4, -0.2) is 30.5 Å². The van der Waals surface area contributed by atoms with Crippen LogP contribution in [0.25, 0.3) is 0 Å². The number of furan rings is 1. The third-order valence-electron chi connectivity index (χ3n) is 4.52. The highest BCUT2D eigenvalue weighted by molar-refractivity contribution is 6.39. The first-order chi connectivity index (χ1) is 15.9. The Bertz CT molecular complexity index is 1140. The second-order valence-corrected chi connectivity index (χ2v) is 7.19. The molecule has 3 amide bonds. The number of rotatable bonds is 8. The number of carbonyl (C=O) groups is 3. The molecule has 0 aliphatic carbocycles. The van der Waals surface area contributed by atoms with E-state index in [-0.39, 0.29) is 12.5 Å². The highest BCUT2D eigenvalue weighted by Gasteiger charge is 2.14. The van der Waals surface area contributed by atoms with Crippen LogP contribution in [0.2, 0.25) is 0 Å². The average Bonchev–Trinajstić information content (AvgIpc) is 3.33.